The number of carbonyl (C=O) groups is 1. The van der Waals surface area contributed by atoms with E-state index in [2.05, 4.69) is 34.9 Å². The lowest BCUT2D eigenvalue weighted by atomic mass is 9.96. The van der Waals surface area contributed by atoms with Gasteiger partial charge >= 0.3 is 0 Å². The van der Waals surface area contributed by atoms with Crippen LogP contribution in [0.1, 0.15) is 41.6 Å². The molecule has 1 fully saturated rings. The minimum absolute atomic E-state index is 0.0422. The maximum atomic E-state index is 13.0. The minimum atomic E-state index is -0.405. The van der Waals surface area contributed by atoms with E-state index < -0.39 is 6.04 Å². The maximum absolute atomic E-state index is 13.0. The average Bonchev–Trinajstić information content (AvgIpc) is 3.54. The third kappa shape index (κ3) is 4.44. The summed E-state index contributed by atoms with van der Waals surface area (Å²) in [6, 6.07) is 30.4. The van der Waals surface area contributed by atoms with Gasteiger partial charge in [0.15, 0.2) is 0 Å². The average molecular weight is 356 g/mol. The van der Waals surface area contributed by atoms with Gasteiger partial charge in [0.05, 0.1) is 6.04 Å². The smallest absolute Gasteiger partial charge is 0.241 e. The highest BCUT2D eigenvalue weighted by Crippen LogP contribution is 2.27. The second-order valence-electron chi connectivity index (χ2n) is 7.05. The predicted molar refractivity (Wildman–Crippen MR) is 108 cm³/mol. The summed E-state index contributed by atoms with van der Waals surface area (Å²) in [6.07, 6.45) is 2.15. The van der Waals surface area contributed by atoms with Crippen LogP contribution in [0.2, 0.25) is 0 Å². The van der Waals surface area contributed by atoms with E-state index in [9.17, 15) is 4.79 Å². The normalized spacial score (nSPS) is 14.7. The van der Waals surface area contributed by atoms with Crippen LogP contribution in [0.15, 0.2) is 91.0 Å². The largest absolute Gasteiger partial charge is 0.352 e. The summed E-state index contributed by atoms with van der Waals surface area (Å²) in [6.45, 7) is 0. The van der Waals surface area contributed by atoms with Crippen LogP contribution >= 0.6 is 0 Å². The van der Waals surface area contributed by atoms with E-state index in [1.807, 2.05) is 66.7 Å². The molecule has 1 saturated carbocycles. The summed E-state index contributed by atoms with van der Waals surface area (Å²) in [5, 5.41) is 6.78. The topological polar surface area (TPSA) is 41.1 Å². The molecule has 0 heterocycles. The highest BCUT2D eigenvalue weighted by Gasteiger charge is 2.30. The molecule has 27 heavy (non-hydrogen) atoms. The first-order chi connectivity index (χ1) is 13.3. The Labute approximate surface area is 160 Å². The molecular weight excluding hydrogens is 332 g/mol. The van der Waals surface area contributed by atoms with E-state index in [4.69, 9.17) is 0 Å². The molecule has 1 amide bonds. The third-order valence-electron chi connectivity index (χ3n) is 4.92. The molecule has 2 N–H and O–H groups in total. The summed E-state index contributed by atoms with van der Waals surface area (Å²) in [7, 11) is 0. The molecule has 1 aliphatic rings. The van der Waals surface area contributed by atoms with Crippen LogP contribution in [0.4, 0.5) is 0 Å². The molecule has 4 rings (SSSR count). The lowest BCUT2D eigenvalue weighted by molar-refractivity contribution is -0.123. The molecule has 136 valence electrons. The van der Waals surface area contributed by atoms with Crippen LogP contribution in [0.5, 0.6) is 0 Å². The molecule has 3 aromatic carbocycles. The van der Waals surface area contributed by atoms with Gasteiger partial charge < -0.3 is 5.32 Å². The van der Waals surface area contributed by atoms with Crippen molar-refractivity contribution in [3.63, 3.8) is 0 Å². The molecule has 3 aromatic rings. The Balaban J connectivity index is 1.68. The van der Waals surface area contributed by atoms with E-state index in [0.29, 0.717) is 6.04 Å². The number of hydrogen-bond donors (Lipinski definition) is 2. The zero-order valence-corrected chi connectivity index (χ0v) is 15.2. The van der Waals surface area contributed by atoms with Crippen molar-refractivity contribution in [3.05, 3.63) is 108 Å². The van der Waals surface area contributed by atoms with E-state index in [-0.39, 0.29) is 11.9 Å². The van der Waals surface area contributed by atoms with Crippen LogP contribution in [0.3, 0.4) is 0 Å². The Hall–Kier alpha value is -2.91. The Morgan fingerprint density at radius 3 is 1.59 bits per heavy atom. The van der Waals surface area contributed by atoms with E-state index in [0.717, 1.165) is 29.5 Å². The van der Waals surface area contributed by atoms with Gasteiger partial charge in [-0.05, 0) is 29.5 Å². The molecule has 3 heteroatoms. The van der Waals surface area contributed by atoms with Gasteiger partial charge in [0, 0.05) is 6.04 Å². The molecule has 0 radical (unpaired) electrons. The minimum Gasteiger partial charge on any atom is -0.352 e. The zero-order chi connectivity index (χ0) is 18.5. The first kappa shape index (κ1) is 17.5. The molecule has 0 aliphatic heterocycles. The van der Waals surface area contributed by atoms with Crippen molar-refractivity contribution in [3.8, 4) is 0 Å². The molecule has 1 unspecified atom stereocenters. The van der Waals surface area contributed by atoms with Crippen molar-refractivity contribution >= 4 is 5.91 Å². The summed E-state index contributed by atoms with van der Waals surface area (Å²) in [5.74, 6) is 0.0422. The highest BCUT2D eigenvalue weighted by atomic mass is 16.2. The quantitative estimate of drug-likeness (QED) is 0.659. The van der Waals surface area contributed by atoms with Crippen LogP contribution in [0.25, 0.3) is 0 Å². The molecule has 0 aromatic heterocycles. The van der Waals surface area contributed by atoms with Gasteiger partial charge in [-0.15, -0.1) is 0 Å². The van der Waals surface area contributed by atoms with E-state index >= 15 is 0 Å². The van der Waals surface area contributed by atoms with E-state index in [1.54, 1.807) is 0 Å². The van der Waals surface area contributed by atoms with Crippen molar-refractivity contribution in [1.29, 1.82) is 0 Å². The molecule has 0 spiro atoms. The van der Waals surface area contributed by atoms with Gasteiger partial charge in [0.1, 0.15) is 6.04 Å². The highest BCUT2D eigenvalue weighted by molar-refractivity contribution is 5.83. The lowest BCUT2D eigenvalue weighted by Crippen LogP contribution is -2.40. The molecule has 3 nitrogen and oxygen atoms in total. The van der Waals surface area contributed by atoms with Crippen molar-refractivity contribution in [2.75, 3.05) is 0 Å². The second kappa shape index (κ2) is 8.19. The molecule has 0 bridgehead atoms. The first-order valence-electron chi connectivity index (χ1n) is 9.52. The molecule has 1 atom stereocenters. The SMILES string of the molecule is O=C(NC1CC1)C(NC(c1ccccc1)c1ccccc1)c1ccccc1. The number of rotatable bonds is 7. The molecule has 1 aliphatic carbocycles. The van der Waals surface area contributed by atoms with E-state index in [1.165, 1.54) is 0 Å². The number of carbonyl (C=O) groups excluding carboxylic acids is 1. The first-order valence-corrected chi connectivity index (χ1v) is 9.52. The zero-order valence-electron chi connectivity index (χ0n) is 15.2. The van der Waals surface area contributed by atoms with Gasteiger partial charge in [-0.1, -0.05) is 91.0 Å². The predicted octanol–water partition coefficient (Wildman–Crippen LogP) is 4.39. The Morgan fingerprint density at radius 1 is 0.704 bits per heavy atom. The summed E-state index contributed by atoms with van der Waals surface area (Å²) >= 11 is 0. The number of benzene rings is 3. The molecule has 0 saturated heterocycles. The van der Waals surface area contributed by atoms with Crippen molar-refractivity contribution < 1.29 is 4.79 Å². The maximum Gasteiger partial charge on any atom is 0.241 e. The summed E-state index contributed by atoms with van der Waals surface area (Å²) in [4.78, 5) is 13.0. The number of amides is 1. The van der Waals surface area contributed by atoms with Crippen LogP contribution < -0.4 is 10.6 Å². The Morgan fingerprint density at radius 2 is 1.15 bits per heavy atom. The van der Waals surface area contributed by atoms with Crippen LogP contribution in [-0.2, 0) is 4.79 Å². The fourth-order valence-electron chi connectivity index (χ4n) is 3.32. The fraction of sp³-hybridized carbons (Fsp3) is 0.208. The van der Waals surface area contributed by atoms with Gasteiger partial charge in [-0.3, -0.25) is 10.1 Å². The van der Waals surface area contributed by atoms with Crippen LogP contribution in [0, 0.1) is 0 Å². The number of nitrogens with one attached hydrogen (secondary N) is 2. The standard InChI is InChI=1S/C24H24N2O/c27-24(25-21-16-17-21)23(20-14-8-3-9-15-20)26-22(18-10-4-1-5-11-18)19-12-6-2-7-13-19/h1-15,21-23,26H,16-17H2,(H,25,27). The summed E-state index contributed by atoms with van der Waals surface area (Å²) in [5.41, 5.74) is 3.26. The van der Waals surface area contributed by atoms with Gasteiger partial charge in [0.2, 0.25) is 5.91 Å². The van der Waals surface area contributed by atoms with Crippen molar-refractivity contribution in [2.45, 2.75) is 31.0 Å². The van der Waals surface area contributed by atoms with Gasteiger partial charge in [-0.25, -0.2) is 0 Å². The van der Waals surface area contributed by atoms with Gasteiger partial charge in [0.25, 0.3) is 0 Å². The number of hydrogen-bond acceptors (Lipinski definition) is 2. The second-order valence-corrected chi connectivity index (χ2v) is 7.05. The third-order valence-corrected chi connectivity index (χ3v) is 4.92. The van der Waals surface area contributed by atoms with Crippen molar-refractivity contribution in [1.82, 2.24) is 10.6 Å². The Bertz CT molecular complexity index is 821. The van der Waals surface area contributed by atoms with Crippen LogP contribution in [-0.4, -0.2) is 11.9 Å². The molecular formula is C24H24N2O. The van der Waals surface area contributed by atoms with Crippen molar-refractivity contribution in [2.24, 2.45) is 0 Å². The fourth-order valence-corrected chi connectivity index (χ4v) is 3.32. The van der Waals surface area contributed by atoms with Gasteiger partial charge in [-0.2, -0.15) is 0 Å². The lowest BCUT2D eigenvalue weighted by Gasteiger charge is -2.26. The Kier molecular flexibility index (Phi) is 5.31. The summed E-state index contributed by atoms with van der Waals surface area (Å²) < 4.78 is 0. The monoisotopic (exact) mass is 356 g/mol.